The highest BCUT2D eigenvalue weighted by Gasteiger charge is 2.15. The highest BCUT2D eigenvalue weighted by atomic mass is 127. The molecule has 0 bridgehead atoms. The smallest absolute Gasteiger partial charge is 0.273 e. The molecule has 0 aliphatic carbocycles. The molecule has 1 unspecified atom stereocenters. The molecule has 1 N–H and O–H groups in total. The largest absolute Gasteiger partial charge is 0.348 e. The summed E-state index contributed by atoms with van der Waals surface area (Å²) in [6, 6.07) is 0.195. The summed E-state index contributed by atoms with van der Waals surface area (Å²) in [5, 5.41) is 6.98. The predicted molar refractivity (Wildman–Crippen MR) is 63.1 cm³/mol. The third-order valence-electron chi connectivity index (χ3n) is 1.99. The molecule has 1 heterocycles. The Morgan fingerprint density at radius 1 is 1.79 bits per heavy atom. The standard InChI is InChI=1S/C9H14IN3O/c1-4-6(2)11-9(14)8-7(10)5-13(3)12-8/h5-6H,4H2,1-3H3,(H,11,14). The van der Waals surface area contributed by atoms with Crippen LogP contribution in [0.2, 0.25) is 0 Å². The third-order valence-corrected chi connectivity index (χ3v) is 2.78. The van der Waals surface area contributed by atoms with E-state index in [9.17, 15) is 4.79 Å². The lowest BCUT2D eigenvalue weighted by Crippen LogP contribution is -2.32. The second kappa shape index (κ2) is 4.77. The van der Waals surface area contributed by atoms with E-state index >= 15 is 0 Å². The van der Waals surface area contributed by atoms with E-state index in [4.69, 9.17) is 0 Å². The number of rotatable bonds is 3. The molecule has 0 radical (unpaired) electrons. The van der Waals surface area contributed by atoms with Gasteiger partial charge in [0.25, 0.3) is 5.91 Å². The third kappa shape index (κ3) is 2.70. The number of nitrogens with one attached hydrogen (secondary N) is 1. The van der Waals surface area contributed by atoms with Crippen molar-refractivity contribution in [2.75, 3.05) is 0 Å². The van der Waals surface area contributed by atoms with Crippen LogP contribution in [0.3, 0.4) is 0 Å². The molecular formula is C9H14IN3O. The van der Waals surface area contributed by atoms with Gasteiger partial charge in [-0.3, -0.25) is 9.48 Å². The highest BCUT2D eigenvalue weighted by Crippen LogP contribution is 2.09. The second-order valence-electron chi connectivity index (χ2n) is 3.28. The molecule has 0 aliphatic rings. The van der Waals surface area contributed by atoms with Crippen molar-refractivity contribution in [3.63, 3.8) is 0 Å². The minimum absolute atomic E-state index is 0.0932. The van der Waals surface area contributed by atoms with Crippen LogP contribution in [-0.2, 0) is 7.05 Å². The van der Waals surface area contributed by atoms with Crippen LogP contribution in [0.1, 0.15) is 30.8 Å². The van der Waals surface area contributed by atoms with Gasteiger partial charge >= 0.3 is 0 Å². The van der Waals surface area contributed by atoms with E-state index in [1.54, 1.807) is 4.68 Å². The molecule has 0 spiro atoms. The van der Waals surface area contributed by atoms with Crippen molar-refractivity contribution < 1.29 is 4.79 Å². The Morgan fingerprint density at radius 2 is 2.43 bits per heavy atom. The van der Waals surface area contributed by atoms with Gasteiger partial charge in [0.2, 0.25) is 0 Å². The van der Waals surface area contributed by atoms with Gasteiger partial charge in [-0.05, 0) is 35.9 Å². The quantitative estimate of drug-likeness (QED) is 0.861. The zero-order valence-corrected chi connectivity index (χ0v) is 10.7. The second-order valence-corrected chi connectivity index (χ2v) is 4.44. The lowest BCUT2D eigenvalue weighted by atomic mass is 10.2. The van der Waals surface area contributed by atoms with Gasteiger partial charge < -0.3 is 5.32 Å². The van der Waals surface area contributed by atoms with Gasteiger partial charge in [0.1, 0.15) is 0 Å². The molecule has 4 nitrogen and oxygen atoms in total. The van der Waals surface area contributed by atoms with Gasteiger partial charge in [-0.15, -0.1) is 0 Å². The van der Waals surface area contributed by atoms with Crippen LogP contribution in [0.4, 0.5) is 0 Å². The molecule has 1 rings (SSSR count). The van der Waals surface area contributed by atoms with E-state index in [1.807, 2.05) is 27.1 Å². The van der Waals surface area contributed by atoms with Crippen LogP contribution in [0.25, 0.3) is 0 Å². The first-order valence-electron chi connectivity index (χ1n) is 4.54. The fourth-order valence-corrected chi connectivity index (χ4v) is 1.76. The molecule has 0 fully saturated rings. The summed E-state index contributed by atoms with van der Waals surface area (Å²) in [4.78, 5) is 11.7. The minimum atomic E-state index is -0.0932. The molecule has 14 heavy (non-hydrogen) atoms. The maximum atomic E-state index is 11.7. The number of halogens is 1. The van der Waals surface area contributed by atoms with Gasteiger partial charge in [-0.1, -0.05) is 6.92 Å². The monoisotopic (exact) mass is 307 g/mol. The summed E-state index contributed by atoms with van der Waals surface area (Å²) in [6.45, 7) is 4.02. The van der Waals surface area contributed by atoms with Crippen molar-refractivity contribution in [2.24, 2.45) is 7.05 Å². The maximum absolute atomic E-state index is 11.7. The molecule has 1 aromatic rings. The van der Waals surface area contributed by atoms with Crippen LogP contribution in [0, 0.1) is 3.57 Å². The molecule has 78 valence electrons. The van der Waals surface area contributed by atoms with Crippen LogP contribution in [0.5, 0.6) is 0 Å². The Hall–Kier alpha value is -0.590. The van der Waals surface area contributed by atoms with Crippen LogP contribution >= 0.6 is 22.6 Å². The van der Waals surface area contributed by atoms with Crippen molar-refractivity contribution in [1.29, 1.82) is 0 Å². The Bertz CT molecular complexity index is 335. The SMILES string of the molecule is CCC(C)NC(=O)c1nn(C)cc1I. The van der Waals surface area contributed by atoms with Crippen molar-refractivity contribution in [1.82, 2.24) is 15.1 Å². The average Bonchev–Trinajstić information content (AvgIpc) is 2.45. The Labute approximate surface area is 97.2 Å². The van der Waals surface area contributed by atoms with E-state index in [2.05, 4.69) is 33.0 Å². The zero-order valence-electron chi connectivity index (χ0n) is 8.54. The van der Waals surface area contributed by atoms with Gasteiger partial charge in [0.05, 0.1) is 3.57 Å². The summed E-state index contributed by atoms with van der Waals surface area (Å²) in [7, 11) is 1.81. The minimum Gasteiger partial charge on any atom is -0.348 e. The molecule has 0 saturated carbocycles. The lowest BCUT2D eigenvalue weighted by molar-refractivity contribution is 0.0932. The van der Waals surface area contributed by atoms with E-state index < -0.39 is 0 Å². The summed E-state index contributed by atoms with van der Waals surface area (Å²) in [5.41, 5.74) is 0.508. The molecule has 0 aromatic carbocycles. The first-order chi connectivity index (χ1) is 6.54. The van der Waals surface area contributed by atoms with Crippen molar-refractivity contribution in [2.45, 2.75) is 26.3 Å². The van der Waals surface area contributed by atoms with Gasteiger partial charge in [-0.2, -0.15) is 5.10 Å². The zero-order chi connectivity index (χ0) is 10.7. The average molecular weight is 307 g/mol. The van der Waals surface area contributed by atoms with E-state index in [0.717, 1.165) is 9.99 Å². The topological polar surface area (TPSA) is 46.9 Å². The molecule has 1 atom stereocenters. The molecule has 5 heteroatoms. The number of aryl methyl sites for hydroxylation is 1. The Kier molecular flexibility index (Phi) is 3.91. The molecule has 0 saturated heterocycles. The number of carbonyl (C=O) groups is 1. The van der Waals surface area contributed by atoms with Gasteiger partial charge in [0.15, 0.2) is 5.69 Å². The normalized spacial score (nSPS) is 12.6. The predicted octanol–water partition coefficient (Wildman–Crippen LogP) is 1.55. The van der Waals surface area contributed by atoms with Crippen molar-refractivity contribution >= 4 is 28.5 Å². The van der Waals surface area contributed by atoms with Crippen LogP contribution in [-0.4, -0.2) is 21.7 Å². The summed E-state index contributed by atoms with van der Waals surface area (Å²) >= 11 is 2.11. The van der Waals surface area contributed by atoms with Crippen LogP contribution in [0.15, 0.2) is 6.20 Å². The van der Waals surface area contributed by atoms with Crippen molar-refractivity contribution in [3.05, 3.63) is 15.5 Å². The maximum Gasteiger partial charge on any atom is 0.273 e. The molecule has 1 aromatic heterocycles. The number of carbonyl (C=O) groups excluding carboxylic acids is 1. The first-order valence-corrected chi connectivity index (χ1v) is 5.62. The summed E-state index contributed by atoms with van der Waals surface area (Å²) in [5.74, 6) is -0.0932. The Balaban J connectivity index is 2.74. The summed E-state index contributed by atoms with van der Waals surface area (Å²) < 4.78 is 2.53. The lowest BCUT2D eigenvalue weighted by Gasteiger charge is -2.09. The van der Waals surface area contributed by atoms with E-state index in [1.165, 1.54) is 0 Å². The number of hydrogen-bond acceptors (Lipinski definition) is 2. The fourth-order valence-electron chi connectivity index (χ4n) is 1.01. The fraction of sp³-hybridized carbons (Fsp3) is 0.556. The Morgan fingerprint density at radius 3 is 2.86 bits per heavy atom. The van der Waals surface area contributed by atoms with Crippen molar-refractivity contribution in [3.8, 4) is 0 Å². The van der Waals surface area contributed by atoms with Gasteiger partial charge in [0, 0.05) is 19.3 Å². The summed E-state index contributed by atoms with van der Waals surface area (Å²) in [6.07, 6.45) is 2.75. The molecule has 0 aliphatic heterocycles. The highest BCUT2D eigenvalue weighted by molar-refractivity contribution is 14.1. The van der Waals surface area contributed by atoms with Gasteiger partial charge in [-0.25, -0.2) is 0 Å². The molecular weight excluding hydrogens is 293 g/mol. The number of aromatic nitrogens is 2. The first kappa shape index (κ1) is 11.5. The molecule has 1 amide bonds. The van der Waals surface area contributed by atoms with E-state index in [-0.39, 0.29) is 11.9 Å². The van der Waals surface area contributed by atoms with Crippen LogP contribution < -0.4 is 5.32 Å². The van der Waals surface area contributed by atoms with E-state index in [0.29, 0.717) is 5.69 Å². The number of nitrogens with zero attached hydrogens (tertiary/aromatic N) is 2. The number of hydrogen-bond donors (Lipinski definition) is 1. The number of amides is 1.